The Morgan fingerprint density at radius 2 is 1.90 bits per heavy atom. The van der Waals surface area contributed by atoms with E-state index in [9.17, 15) is 22.4 Å². The number of nitrogens with one attached hydrogen (secondary N) is 1. The molecule has 9 heteroatoms. The molecule has 0 saturated carbocycles. The zero-order valence-electron chi connectivity index (χ0n) is 10.7. The van der Waals surface area contributed by atoms with Crippen molar-refractivity contribution >= 4 is 21.9 Å². The number of benzene rings is 1. The average Bonchev–Trinajstić information content (AvgIpc) is 2.27. The number of hydrogen-bond acceptors (Lipinski definition) is 4. The predicted octanol–water partition coefficient (Wildman–Crippen LogP) is 0.0661. The van der Waals surface area contributed by atoms with Crippen LogP contribution in [-0.4, -0.2) is 30.9 Å². The van der Waals surface area contributed by atoms with Crippen molar-refractivity contribution in [3.05, 3.63) is 29.6 Å². The van der Waals surface area contributed by atoms with E-state index >= 15 is 0 Å². The van der Waals surface area contributed by atoms with Crippen LogP contribution in [0.5, 0.6) is 0 Å². The summed E-state index contributed by atoms with van der Waals surface area (Å²) in [6, 6.07) is 2.31. The lowest BCUT2D eigenvalue weighted by Gasteiger charge is -2.22. The van der Waals surface area contributed by atoms with Crippen LogP contribution < -0.4 is 10.5 Å². The topological polar surface area (TPSA) is 127 Å². The number of carbonyl (C=O) groups is 2. The SMILES string of the molecule is CC(C)(NS(=O)(=O)c1cc(C(=O)O)ccc1F)C(N)=O. The molecule has 1 aromatic rings. The van der Waals surface area contributed by atoms with Crippen molar-refractivity contribution in [1.29, 1.82) is 0 Å². The smallest absolute Gasteiger partial charge is 0.335 e. The molecule has 0 heterocycles. The fourth-order valence-corrected chi connectivity index (χ4v) is 2.77. The van der Waals surface area contributed by atoms with Crippen LogP contribution in [-0.2, 0) is 14.8 Å². The summed E-state index contributed by atoms with van der Waals surface area (Å²) in [5.74, 6) is -3.51. The molecule has 0 bridgehead atoms. The molecule has 0 aliphatic rings. The van der Waals surface area contributed by atoms with E-state index in [1.807, 2.05) is 4.72 Å². The van der Waals surface area contributed by atoms with Crippen molar-refractivity contribution in [2.45, 2.75) is 24.3 Å². The maximum absolute atomic E-state index is 13.6. The van der Waals surface area contributed by atoms with Gasteiger partial charge in [-0.1, -0.05) is 0 Å². The van der Waals surface area contributed by atoms with Gasteiger partial charge in [0, 0.05) is 0 Å². The van der Waals surface area contributed by atoms with Crippen LogP contribution in [0.15, 0.2) is 23.1 Å². The first kappa shape index (κ1) is 16.1. The molecule has 1 rings (SSSR count). The molecule has 110 valence electrons. The van der Waals surface area contributed by atoms with Gasteiger partial charge in [-0.05, 0) is 32.0 Å². The van der Waals surface area contributed by atoms with Gasteiger partial charge in [0.05, 0.1) is 5.56 Å². The number of aromatic carboxylic acids is 1. The fourth-order valence-electron chi connectivity index (χ4n) is 1.28. The highest BCUT2D eigenvalue weighted by Gasteiger charge is 2.33. The lowest BCUT2D eigenvalue weighted by molar-refractivity contribution is -0.122. The average molecular weight is 304 g/mol. The van der Waals surface area contributed by atoms with E-state index in [0.29, 0.717) is 6.07 Å². The van der Waals surface area contributed by atoms with Gasteiger partial charge in [0.15, 0.2) is 0 Å². The Morgan fingerprint density at radius 1 is 1.35 bits per heavy atom. The van der Waals surface area contributed by atoms with Gasteiger partial charge in [-0.15, -0.1) is 0 Å². The molecule has 0 atom stereocenters. The van der Waals surface area contributed by atoms with Crippen LogP contribution in [0.4, 0.5) is 4.39 Å². The van der Waals surface area contributed by atoms with Gasteiger partial charge in [-0.2, -0.15) is 4.72 Å². The number of primary amides is 1. The Hall–Kier alpha value is -2.00. The first-order valence-corrected chi connectivity index (χ1v) is 6.82. The molecule has 0 unspecified atom stereocenters. The molecule has 0 aromatic heterocycles. The van der Waals surface area contributed by atoms with Gasteiger partial charge in [-0.3, -0.25) is 4.79 Å². The van der Waals surface area contributed by atoms with Crippen LogP contribution in [0.1, 0.15) is 24.2 Å². The van der Waals surface area contributed by atoms with Crippen molar-refractivity contribution in [2.75, 3.05) is 0 Å². The van der Waals surface area contributed by atoms with Crippen LogP contribution in [0.2, 0.25) is 0 Å². The van der Waals surface area contributed by atoms with Gasteiger partial charge in [0.2, 0.25) is 15.9 Å². The summed E-state index contributed by atoms with van der Waals surface area (Å²) >= 11 is 0. The van der Waals surface area contributed by atoms with Crippen molar-refractivity contribution in [2.24, 2.45) is 5.73 Å². The first-order valence-electron chi connectivity index (χ1n) is 5.34. The van der Waals surface area contributed by atoms with E-state index in [2.05, 4.69) is 0 Å². The van der Waals surface area contributed by atoms with Crippen LogP contribution in [0.25, 0.3) is 0 Å². The molecule has 0 spiro atoms. The lowest BCUT2D eigenvalue weighted by atomic mass is 10.1. The zero-order chi connectivity index (χ0) is 15.7. The number of carboxylic acid groups (broad SMARTS) is 1. The molecule has 7 nitrogen and oxygen atoms in total. The molecule has 20 heavy (non-hydrogen) atoms. The number of hydrogen-bond donors (Lipinski definition) is 3. The molecule has 4 N–H and O–H groups in total. The van der Waals surface area contributed by atoms with Crippen LogP contribution in [0.3, 0.4) is 0 Å². The van der Waals surface area contributed by atoms with E-state index < -0.39 is 43.7 Å². The second-order valence-corrected chi connectivity index (χ2v) is 6.20. The maximum atomic E-state index is 13.6. The molecule has 0 aliphatic heterocycles. The van der Waals surface area contributed by atoms with Crippen LogP contribution in [0, 0.1) is 5.82 Å². The largest absolute Gasteiger partial charge is 0.478 e. The number of nitrogens with two attached hydrogens (primary N) is 1. The third kappa shape index (κ3) is 3.31. The first-order chi connectivity index (χ1) is 8.97. The molecule has 1 aromatic carbocycles. The summed E-state index contributed by atoms with van der Waals surface area (Å²) in [6.45, 7) is 2.40. The summed E-state index contributed by atoms with van der Waals surface area (Å²) < 4.78 is 39.5. The number of amides is 1. The van der Waals surface area contributed by atoms with Gasteiger partial charge in [0.1, 0.15) is 16.3 Å². The number of carboxylic acids is 1. The van der Waals surface area contributed by atoms with Gasteiger partial charge in [-0.25, -0.2) is 17.6 Å². The summed E-state index contributed by atoms with van der Waals surface area (Å²) in [4.78, 5) is 21.0. The van der Waals surface area contributed by atoms with E-state index in [-0.39, 0.29) is 0 Å². The number of rotatable bonds is 5. The highest BCUT2D eigenvalue weighted by atomic mass is 32.2. The fraction of sp³-hybridized carbons (Fsp3) is 0.273. The maximum Gasteiger partial charge on any atom is 0.335 e. The van der Waals surface area contributed by atoms with Crippen molar-refractivity contribution in [3.63, 3.8) is 0 Å². The Labute approximate surface area is 114 Å². The lowest BCUT2D eigenvalue weighted by Crippen LogP contribution is -2.52. The molecular formula is C11H13FN2O5S. The monoisotopic (exact) mass is 304 g/mol. The Bertz CT molecular complexity index is 669. The zero-order valence-corrected chi connectivity index (χ0v) is 11.5. The Kier molecular flexibility index (Phi) is 4.15. The molecule has 0 saturated heterocycles. The predicted molar refractivity (Wildman–Crippen MR) is 67.0 cm³/mol. The van der Waals surface area contributed by atoms with Crippen molar-refractivity contribution in [3.8, 4) is 0 Å². The summed E-state index contributed by atoms with van der Waals surface area (Å²) in [5, 5.41) is 8.77. The number of sulfonamides is 1. The Morgan fingerprint density at radius 3 is 2.35 bits per heavy atom. The van der Waals surface area contributed by atoms with E-state index in [0.717, 1.165) is 12.1 Å². The summed E-state index contributed by atoms with van der Waals surface area (Å²) in [6.07, 6.45) is 0. The Balaban J connectivity index is 3.32. The summed E-state index contributed by atoms with van der Waals surface area (Å²) in [5.41, 5.74) is 2.97. The second kappa shape index (κ2) is 5.17. The normalized spacial score (nSPS) is 12.2. The standard InChI is InChI=1S/C11H13FN2O5S/c1-11(2,10(13)17)14-20(18,19)8-5-6(9(15)16)3-4-7(8)12/h3-5,14H,1-2H3,(H2,13,17)(H,15,16). The number of carbonyl (C=O) groups excluding carboxylic acids is 1. The highest BCUT2D eigenvalue weighted by Crippen LogP contribution is 2.18. The minimum absolute atomic E-state index is 0.399. The number of halogens is 1. The van der Waals surface area contributed by atoms with E-state index in [4.69, 9.17) is 10.8 Å². The van der Waals surface area contributed by atoms with E-state index in [1.54, 1.807) is 0 Å². The third-order valence-corrected chi connectivity index (χ3v) is 4.14. The van der Waals surface area contributed by atoms with E-state index in [1.165, 1.54) is 13.8 Å². The molecule has 0 aliphatic carbocycles. The minimum atomic E-state index is -4.44. The summed E-state index contributed by atoms with van der Waals surface area (Å²) in [7, 11) is -4.44. The molecule has 0 fully saturated rings. The highest BCUT2D eigenvalue weighted by molar-refractivity contribution is 7.89. The molecular weight excluding hydrogens is 291 g/mol. The van der Waals surface area contributed by atoms with Crippen molar-refractivity contribution in [1.82, 2.24) is 4.72 Å². The quantitative estimate of drug-likeness (QED) is 0.709. The van der Waals surface area contributed by atoms with Gasteiger partial charge in [0.25, 0.3) is 0 Å². The third-order valence-electron chi connectivity index (χ3n) is 2.47. The van der Waals surface area contributed by atoms with Crippen LogP contribution >= 0.6 is 0 Å². The van der Waals surface area contributed by atoms with Gasteiger partial charge >= 0.3 is 5.97 Å². The molecule has 1 amide bonds. The molecule has 0 radical (unpaired) electrons. The second-order valence-electron chi connectivity index (χ2n) is 4.55. The minimum Gasteiger partial charge on any atom is -0.478 e. The van der Waals surface area contributed by atoms with Crippen molar-refractivity contribution < 1.29 is 27.5 Å². The van der Waals surface area contributed by atoms with Gasteiger partial charge < -0.3 is 10.8 Å².